The molecule has 17 atom stereocenters. The van der Waals surface area contributed by atoms with Crippen LogP contribution in [0.5, 0.6) is 0 Å². The molecule has 0 aromatic rings. The Labute approximate surface area is 272 Å². The first-order valence-electron chi connectivity index (χ1n) is 18.2. The van der Waals surface area contributed by atoms with Gasteiger partial charge in [-0.1, -0.05) is 13.8 Å². The van der Waals surface area contributed by atoms with E-state index in [9.17, 15) is 29.4 Å². The average Bonchev–Trinajstić information content (AvgIpc) is 3.81. The van der Waals surface area contributed by atoms with E-state index in [1.54, 1.807) is 0 Å². The minimum Gasteiger partial charge on any atom is -0.463 e. The lowest BCUT2D eigenvalue weighted by Crippen LogP contribution is -2.53. The van der Waals surface area contributed by atoms with Crippen molar-refractivity contribution >= 4 is 23.9 Å². The zero-order chi connectivity index (χ0) is 32.8. The Hall–Kier alpha value is -2.00. The van der Waals surface area contributed by atoms with E-state index in [2.05, 4.69) is 13.8 Å². The molecule has 7 saturated carbocycles. The summed E-state index contributed by atoms with van der Waals surface area (Å²) in [5.74, 6) is -0.477. The molecule has 0 spiro atoms. The van der Waals surface area contributed by atoms with Gasteiger partial charge in [0.2, 0.25) is 0 Å². The van der Waals surface area contributed by atoms with E-state index >= 15 is 0 Å². The number of esters is 4. The van der Waals surface area contributed by atoms with E-state index in [1.165, 1.54) is 0 Å². The predicted octanol–water partition coefficient (Wildman–Crippen LogP) is 4.27. The average molecular weight is 643 g/mol. The highest BCUT2D eigenvalue weighted by molar-refractivity contribution is 5.97. The smallest absolute Gasteiger partial charge is 0.317 e. The van der Waals surface area contributed by atoms with Crippen molar-refractivity contribution in [3.63, 3.8) is 0 Å². The number of ether oxygens (including phenoxy) is 3. The molecule has 2 N–H and O–H groups in total. The quantitative estimate of drug-likeness (QED) is 0.226. The highest BCUT2D eigenvalue weighted by Gasteiger charge is 2.69. The number of aliphatic hydroxyl groups is 2. The van der Waals surface area contributed by atoms with Crippen molar-refractivity contribution in [3.05, 3.63) is 0 Å². The van der Waals surface area contributed by atoms with Crippen molar-refractivity contribution in [2.45, 2.75) is 85.2 Å². The molecule has 7 aliphatic carbocycles. The van der Waals surface area contributed by atoms with Gasteiger partial charge in [0.25, 0.3) is 0 Å². The molecule has 0 aromatic heterocycles. The molecule has 8 rings (SSSR count). The zero-order valence-corrected chi connectivity index (χ0v) is 28.1. The molecule has 8 fully saturated rings. The Bertz CT molecular complexity index is 1240. The molecule has 17 unspecified atom stereocenters. The van der Waals surface area contributed by atoms with Gasteiger partial charge in [-0.2, -0.15) is 0 Å². The maximum atomic E-state index is 13.9. The lowest BCUT2D eigenvalue weighted by atomic mass is 9.49. The van der Waals surface area contributed by atoms with E-state index in [1.807, 2.05) is 20.8 Å². The second-order valence-corrected chi connectivity index (χ2v) is 17.4. The largest absolute Gasteiger partial charge is 0.463 e. The number of rotatable bonds is 8. The fourth-order valence-corrected chi connectivity index (χ4v) is 13.2. The lowest BCUT2D eigenvalue weighted by Gasteiger charge is -2.54. The molecule has 256 valence electrons. The first-order valence-corrected chi connectivity index (χ1v) is 18.2. The Morgan fingerprint density at radius 2 is 1.37 bits per heavy atom. The molecule has 0 aromatic carbocycles. The summed E-state index contributed by atoms with van der Waals surface area (Å²) in [4.78, 5) is 54.4. The van der Waals surface area contributed by atoms with Crippen molar-refractivity contribution in [1.29, 1.82) is 0 Å². The van der Waals surface area contributed by atoms with E-state index < -0.39 is 17.4 Å². The van der Waals surface area contributed by atoms with Crippen molar-refractivity contribution in [1.82, 2.24) is 0 Å². The second kappa shape index (κ2) is 11.9. The molecule has 8 aliphatic rings. The van der Waals surface area contributed by atoms with Gasteiger partial charge in [0.1, 0.15) is 12.2 Å². The molecule has 46 heavy (non-hydrogen) atoms. The summed E-state index contributed by atoms with van der Waals surface area (Å²) in [7, 11) is 0. The maximum Gasteiger partial charge on any atom is 0.317 e. The Kier molecular flexibility index (Phi) is 8.38. The van der Waals surface area contributed by atoms with Crippen LogP contribution in [0.4, 0.5) is 0 Å². The number of hydrogen-bond acceptors (Lipinski definition) is 9. The van der Waals surface area contributed by atoms with Crippen LogP contribution in [0.1, 0.15) is 79.6 Å². The zero-order valence-electron chi connectivity index (χ0n) is 28.1. The number of aliphatic hydroxyl groups excluding tert-OH is 2. The Morgan fingerprint density at radius 3 is 2.00 bits per heavy atom. The molecular weight excluding hydrogens is 588 g/mol. The molecule has 0 radical (unpaired) electrons. The van der Waals surface area contributed by atoms with E-state index in [0.717, 1.165) is 38.5 Å². The summed E-state index contributed by atoms with van der Waals surface area (Å²) in [5.41, 5.74) is -0.595. The fraction of sp³-hybridized carbons (Fsp3) is 0.892. The van der Waals surface area contributed by atoms with Crippen LogP contribution in [-0.2, 0) is 33.4 Å². The third-order valence-corrected chi connectivity index (χ3v) is 14.5. The van der Waals surface area contributed by atoms with Crippen LogP contribution in [0.25, 0.3) is 0 Å². The number of hydrogen-bond donors (Lipinski definition) is 2. The van der Waals surface area contributed by atoms with Crippen molar-refractivity contribution in [2.75, 3.05) is 19.8 Å². The van der Waals surface area contributed by atoms with Gasteiger partial charge in [-0.3, -0.25) is 19.2 Å². The summed E-state index contributed by atoms with van der Waals surface area (Å²) in [6, 6.07) is 0. The third-order valence-electron chi connectivity index (χ3n) is 14.5. The molecular formula is C37H54O9. The third kappa shape index (κ3) is 5.07. The Balaban J connectivity index is 1.23. The summed E-state index contributed by atoms with van der Waals surface area (Å²) in [6.45, 7) is 10.1. The van der Waals surface area contributed by atoms with Crippen molar-refractivity contribution in [3.8, 4) is 0 Å². The van der Waals surface area contributed by atoms with E-state index in [0.29, 0.717) is 12.3 Å². The number of carbonyl (C=O) groups is 4. The minimum absolute atomic E-state index is 0.00827. The number of cyclic esters (lactones) is 2. The van der Waals surface area contributed by atoms with Crippen LogP contribution in [0.3, 0.4) is 0 Å². The first-order chi connectivity index (χ1) is 21.8. The van der Waals surface area contributed by atoms with Crippen LogP contribution >= 0.6 is 0 Å². The van der Waals surface area contributed by atoms with Crippen LogP contribution in [0, 0.1) is 101 Å². The van der Waals surface area contributed by atoms with Crippen LogP contribution in [0.15, 0.2) is 0 Å². The second-order valence-electron chi connectivity index (χ2n) is 17.4. The molecule has 1 aliphatic heterocycles. The van der Waals surface area contributed by atoms with Crippen LogP contribution in [0.2, 0.25) is 0 Å². The van der Waals surface area contributed by atoms with Gasteiger partial charge in [0.15, 0.2) is 0 Å². The highest BCUT2D eigenvalue weighted by atomic mass is 16.6. The minimum atomic E-state index is -0.595. The molecule has 6 bridgehead atoms. The van der Waals surface area contributed by atoms with Crippen molar-refractivity contribution < 1.29 is 43.6 Å². The standard InChI is InChI=1S/C37H54O9/c1-16-18-6-7-22(21(10-18)15-39)28(16)31-32(36(43)45-35(31)42)29-20-12-24(26(14-20)34(41)46-37(3,4)5)30(29)27-17(2)23-11-19(27)13-25(23)33(40)44-9-8-38/h16-32,38-39H,6-15H2,1-5H3. The van der Waals surface area contributed by atoms with Gasteiger partial charge in [-0.25, -0.2) is 0 Å². The fourth-order valence-electron chi connectivity index (χ4n) is 13.2. The van der Waals surface area contributed by atoms with Gasteiger partial charge in [0.05, 0.1) is 30.3 Å². The summed E-state index contributed by atoms with van der Waals surface area (Å²) < 4.78 is 16.9. The molecule has 1 saturated heterocycles. The number of carbonyl (C=O) groups excluding carboxylic acids is 4. The van der Waals surface area contributed by atoms with Gasteiger partial charge >= 0.3 is 23.9 Å². The van der Waals surface area contributed by atoms with E-state index in [4.69, 9.17) is 14.2 Å². The Morgan fingerprint density at radius 1 is 0.739 bits per heavy atom. The first kappa shape index (κ1) is 32.5. The van der Waals surface area contributed by atoms with Crippen LogP contribution in [-0.4, -0.2) is 59.5 Å². The lowest BCUT2D eigenvalue weighted by molar-refractivity contribution is -0.165. The topological polar surface area (TPSA) is 136 Å². The van der Waals surface area contributed by atoms with E-state index in [-0.39, 0.29) is 127 Å². The van der Waals surface area contributed by atoms with Gasteiger partial charge in [-0.15, -0.1) is 0 Å². The SMILES string of the molecule is CC1C2CCC(C(CO)C2)C1C1C(=O)OC(=O)C1C1C2CC(C(=O)OC(C)(C)C)C(C2)C1C1C2CC(C(=O)OCCO)C(C2)C1C. The van der Waals surface area contributed by atoms with Gasteiger partial charge in [0, 0.05) is 6.61 Å². The molecule has 1 heterocycles. The maximum absolute atomic E-state index is 13.9. The van der Waals surface area contributed by atoms with Crippen LogP contribution < -0.4 is 0 Å². The molecule has 9 nitrogen and oxygen atoms in total. The monoisotopic (exact) mass is 642 g/mol. The highest BCUT2D eigenvalue weighted by Crippen LogP contribution is 2.69. The van der Waals surface area contributed by atoms with Gasteiger partial charge in [-0.05, 0) is 143 Å². The summed E-state index contributed by atoms with van der Waals surface area (Å²) in [6.07, 6.45) is 6.23. The number of fused-ring (bicyclic) bond motifs is 7. The molecule has 9 heteroatoms. The summed E-state index contributed by atoms with van der Waals surface area (Å²) in [5, 5.41) is 19.5. The van der Waals surface area contributed by atoms with Gasteiger partial charge < -0.3 is 24.4 Å². The normalized spacial score (nSPS) is 49.1. The summed E-state index contributed by atoms with van der Waals surface area (Å²) >= 11 is 0. The predicted molar refractivity (Wildman–Crippen MR) is 165 cm³/mol. The molecule has 0 amide bonds. The van der Waals surface area contributed by atoms with Crippen molar-refractivity contribution in [2.24, 2.45) is 101 Å².